The second-order valence-corrected chi connectivity index (χ2v) is 6.67. The minimum atomic E-state index is -0.182. The number of rotatable bonds is 8. The van der Waals surface area contributed by atoms with E-state index in [1.165, 1.54) is 5.56 Å². The molecule has 0 aliphatic carbocycles. The van der Waals surface area contributed by atoms with Gasteiger partial charge in [-0.2, -0.15) is 0 Å². The van der Waals surface area contributed by atoms with Gasteiger partial charge in [-0.15, -0.1) is 0 Å². The van der Waals surface area contributed by atoms with Crippen molar-refractivity contribution in [3.8, 4) is 11.6 Å². The second kappa shape index (κ2) is 9.17. The van der Waals surface area contributed by atoms with Crippen molar-refractivity contribution in [3.63, 3.8) is 0 Å². The largest absolute Gasteiger partial charge is 0.492 e. The van der Waals surface area contributed by atoms with Gasteiger partial charge in [-0.05, 0) is 50.1 Å². The van der Waals surface area contributed by atoms with E-state index in [4.69, 9.17) is 4.74 Å². The third kappa shape index (κ3) is 4.76. The Morgan fingerprint density at radius 1 is 1.21 bits per heavy atom. The fourth-order valence-electron chi connectivity index (χ4n) is 3.01. The summed E-state index contributed by atoms with van der Waals surface area (Å²) in [5.74, 6) is 2.01. The molecule has 6 heteroatoms. The summed E-state index contributed by atoms with van der Waals surface area (Å²) in [7, 11) is 0. The first-order valence-corrected chi connectivity index (χ1v) is 9.56. The zero-order valence-corrected chi connectivity index (χ0v) is 16.6. The van der Waals surface area contributed by atoms with Crippen molar-refractivity contribution in [2.75, 3.05) is 13.2 Å². The maximum Gasteiger partial charge on any atom is 0.255 e. The summed E-state index contributed by atoms with van der Waals surface area (Å²) in [6.45, 7) is 6.75. The Morgan fingerprint density at radius 2 is 2.07 bits per heavy atom. The lowest BCUT2D eigenvalue weighted by molar-refractivity contribution is 0.0946. The smallest absolute Gasteiger partial charge is 0.255 e. The molecule has 6 nitrogen and oxygen atoms in total. The van der Waals surface area contributed by atoms with Crippen molar-refractivity contribution in [1.29, 1.82) is 0 Å². The summed E-state index contributed by atoms with van der Waals surface area (Å²) in [6, 6.07) is 11.7. The van der Waals surface area contributed by atoms with Crippen molar-refractivity contribution >= 4 is 5.91 Å². The Balaban J connectivity index is 1.61. The highest BCUT2D eigenvalue weighted by Crippen LogP contribution is 2.16. The number of aromatic nitrogens is 3. The molecular formula is C22H26N4O2. The molecule has 0 spiro atoms. The van der Waals surface area contributed by atoms with Crippen LogP contribution in [-0.4, -0.2) is 33.6 Å². The molecule has 0 bridgehead atoms. The summed E-state index contributed by atoms with van der Waals surface area (Å²) >= 11 is 0. The van der Waals surface area contributed by atoms with Gasteiger partial charge in [-0.1, -0.05) is 25.5 Å². The third-order valence-electron chi connectivity index (χ3n) is 4.41. The monoisotopic (exact) mass is 378 g/mol. The van der Waals surface area contributed by atoms with Crippen LogP contribution in [0.3, 0.4) is 0 Å². The number of amides is 1. The van der Waals surface area contributed by atoms with Gasteiger partial charge >= 0.3 is 0 Å². The lowest BCUT2D eigenvalue weighted by Crippen LogP contribution is -2.29. The Hall–Kier alpha value is -3.15. The molecule has 0 unspecified atom stereocenters. The van der Waals surface area contributed by atoms with E-state index in [0.29, 0.717) is 24.5 Å². The molecule has 2 aromatic heterocycles. The highest BCUT2D eigenvalue weighted by atomic mass is 16.5. The molecule has 146 valence electrons. The van der Waals surface area contributed by atoms with Crippen molar-refractivity contribution in [3.05, 3.63) is 71.4 Å². The van der Waals surface area contributed by atoms with Gasteiger partial charge in [0.05, 0.1) is 12.1 Å². The second-order valence-electron chi connectivity index (χ2n) is 6.67. The maximum absolute atomic E-state index is 12.7. The summed E-state index contributed by atoms with van der Waals surface area (Å²) in [5, 5.41) is 2.91. The summed E-state index contributed by atoms with van der Waals surface area (Å²) in [5.41, 5.74) is 2.61. The maximum atomic E-state index is 12.7. The number of carbonyl (C=O) groups excluding carboxylic acids is 1. The van der Waals surface area contributed by atoms with E-state index < -0.39 is 0 Å². The first-order valence-electron chi connectivity index (χ1n) is 9.56. The van der Waals surface area contributed by atoms with E-state index >= 15 is 0 Å². The fourth-order valence-corrected chi connectivity index (χ4v) is 3.01. The molecule has 0 radical (unpaired) electrons. The molecule has 0 atom stereocenters. The van der Waals surface area contributed by atoms with Gasteiger partial charge in [0, 0.05) is 18.1 Å². The van der Waals surface area contributed by atoms with Crippen LogP contribution in [0.4, 0.5) is 0 Å². The Labute approximate surface area is 165 Å². The van der Waals surface area contributed by atoms with Gasteiger partial charge in [0.25, 0.3) is 5.91 Å². The molecule has 0 saturated heterocycles. The number of pyridine rings is 1. The number of ether oxygens (including phenoxy) is 1. The van der Waals surface area contributed by atoms with Crippen molar-refractivity contribution in [2.45, 2.75) is 33.6 Å². The number of nitrogens with one attached hydrogen (secondary N) is 1. The van der Waals surface area contributed by atoms with Crippen LogP contribution in [0.2, 0.25) is 0 Å². The molecule has 0 aliphatic rings. The van der Waals surface area contributed by atoms with Crippen molar-refractivity contribution in [2.24, 2.45) is 0 Å². The van der Waals surface area contributed by atoms with E-state index in [9.17, 15) is 4.79 Å². The highest BCUT2D eigenvalue weighted by molar-refractivity contribution is 5.97. The lowest BCUT2D eigenvalue weighted by Gasteiger charge is -2.13. The number of nitrogens with zero attached hydrogens (tertiary/aromatic N) is 3. The van der Waals surface area contributed by atoms with Crippen molar-refractivity contribution in [1.82, 2.24) is 19.9 Å². The number of benzene rings is 1. The first-order chi connectivity index (χ1) is 13.6. The molecule has 0 saturated carbocycles. The van der Waals surface area contributed by atoms with E-state index in [2.05, 4.69) is 34.3 Å². The Bertz CT molecular complexity index is 949. The minimum absolute atomic E-state index is 0.182. The molecule has 3 aromatic rings. The average molecular weight is 378 g/mol. The van der Waals surface area contributed by atoms with Gasteiger partial charge in [-0.25, -0.2) is 9.97 Å². The van der Waals surface area contributed by atoms with E-state index in [0.717, 1.165) is 30.1 Å². The molecule has 28 heavy (non-hydrogen) atoms. The lowest BCUT2D eigenvalue weighted by atomic mass is 10.1. The predicted molar refractivity (Wildman–Crippen MR) is 109 cm³/mol. The highest BCUT2D eigenvalue weighted by Gasteiger charge is 2.15. The number of hydrogen-bond donors (Lipinski definition) is 1. The zero-order chi connectivity index (χ0) is 19.9. The average Bonchev–Trinajstić information content (AvgIpc) is 3.11. The molecule has 0 aliphatic heterocycles. The molecule has 1 amide bonds. The fraction of sp³-hybridized carbons (Fsp3) is 0.318. The van der Waals surface area contributed by atoms with Gasteiger partial charge < -0.3 is 10.1 Å². The van der Waals surface area contributed by atoms with Crippen LogP contribution >= 0.6 is 0 Å². The molecule has 0 fully saturated rings. The predicted octanol–water partition coefficient (Wildman–Crippen LogP) is 3.65. The van der Waals surface area contributed by atoms with Crippen LogP contribution in [0.15, 0.2) is 48.8 Å². The number of aryl methyl sites for hydroxylation is 3. The molecule has 2 heterocycles. The molecule has 1 N–H and O–H groups in total. The Kier molecular flexibility index (Phi) is 6.42. The summed E-state index contributed by atoms with van der Waals surface area (Å²) in [6.07, 6.45) is 5.63. The standard InChI is InChI=1S/C22H26N4O2/c1-4-6-18-7-5-8-19(15-18)28-14-12-24-22(27)20-10-9-16(2)25-21(20)26-13-11-23-17(26)3/h5,7-11,13,15H,4,6,12,14H2,1-3H3,(H,24,27). The van der Waals surface area contributed by atoms with Crippen LogP contribution in [0, 0.1) is 13.8 Å². The number of hydrogen-bond acceptors (Lipinski definition) is 4. The quantitative estimate of drug-likeness (QED) is 0.608. The SMILES string of the molecule is CCCc1cccc(OCCNC(=O)c2ccc(C)nc2-n2ccnc2C)c1. The van der Waals surface area contributed by atoms with Gasteiger partial charge in [0.15, 0.2) is 5.82 Å². The van der Waals surface area contributed by atoms with Crippen LogP contribution in [0.1, 0.15) is 40.8 Å². The van der Waals surface area contributed by atoms with Crippen LogP contribution in [-0.2, 0) is 6.42 Å². The summed E-state index contributed by atoms with van der Waals surface area (Å²) < 4.78 is 7.59. The van der Waals surface area contributed by atoms with Gasteiger partial charge in [0.2, 0.25) is 0 Å². The summed E-state index contributed by atoms with van der Waals surface area (Å²) in [4.78, 5) is 21.4. The minimum Gasteiger partial charge on any atom is -0.492 e. The van der Waals surface area contributed by atoms with E-state index in [-0.39, 0.29) is 5.91 Å². The van der Waals surface area contributed by atoms with Gasteiger partial charge in [0.1, 0.15) is 18.2 Å². The van der Waals surface area contributed by atoms with Crippen LogP contribution in [0.5, 0.6) is 5.75 Å². The van der Waals surface area contributed by atoms with Crippen LogP contribution < -0.4 is 10.1 Å². The van der Waals surface area contributed by atoms with Gasteiger partial charge in [-0.3, -0.25) is 9.36 Å². The molecule has 1 aromatic carbocycles. The normalized spacial score (nSPS) is 10.7. The van der Waals surface area contributed by atoms with E-state index in [1.807, 2.05) is 36.6 Å². The van der Waals surface area contributed by atoms with Crippen LogP contribution in [0.25, 0.3) is 5.82 Å². The zero-order valence-electron chi connectivity index (χ0n) is 16.6. The van der Waals surface area contributed by atoms with E-state index in [1.54, 1.807) is 18.5 Å². The molecular weight excluding hydrogens is 352 g/mol. The van der Waals surface area contributed by atoms with Crippen molar-refractivity contribution < 1.29 is 9.53 Å². The Morgan fingerprint density at radius 3 is 2.82 bits per heavy atom. The third-order valence-corrected chi connectivity index (χ3v) is 4.41. The topological polar surface area (TPSA) is 69.0 Å². The first kappa shape index (κ1) is 19.6. The number of carbonyl (C=O) groups is 1. The molecule has 3 rings (SSSR count). The number of imidazole rings is 1.